The number of ether oxygens (including phenoxy) is 1. The summed E-state index contributed by atoms with van der Waals surface area (Å²) in [5, 5.41) is 0.754. The molecule has 4 rings (SSSR count). The van der Waals surface area contributed by atoms with E-state index in [2.05, 4.69) is 23.8 Å². The number of nitrogen functional groups attached to an aromatic ring is 1. The lowest BCUT2D eigenvalue weighted by Crippen LogP contribution is -2.39. The Balaban J connectivity index is 2.11. The molecule has 0 saturated carbocycles. The van der Waals surface area contributed by atoms with Crippen LogP contribution in [-0.4, -0.2) is 20.1 Å². The van der Waals surface area contributed by atoms with Crippen molar-refractivity contribution in [1.82, 2.24) is 14.5 Å². The molecule has 0 spiro atoms. The molecule has 0 radical (unpaired) electrons. The van der Waals surface area contributed by atoms with Crippen LogP contribution in [0.1, 0.15) is 31.4 Å². The minimum Gasteiger partial charge on any atom is -0.383 e. The fourth-order valence-electron chi connectivity index (χ4n) is 3.42. The van der Waals surface area contributed by atoms with Gasteiger partial charge in [0.2, 0.25) is 0 Å². The van der Waals surface area contributed by atoms with Gasteiger partial charge in [0.1, 0.15) is 12.1 Å². The van der Waals surface area contributed by atoms with E-state index in [0.717, 1.165) is 23.1 Å². The van der Waals surface area contributed by atoms with Gasteiger partial charge < -0.3 is 10.5 Å². The minimum absolute atomic E-state index is 0.107. The Morgan fingerprint density at radius 2 is 2.00 bits per heavy atom. The first-order valence-corrected chi connectivity index (χ1v) is 8.40. The average Bonchev–Trinajstić information content (AvgIpc) is 2.62. The fourth-order valence-corrected chi connectivity index (χ4v) is 3.42. The first-order chi connectivity index (χ1) is 12.0. The van der Waals surface area contributed by atoms with Gasteiger partial charge in [-0.1, -0.05) is 25.1 Å². The molecule has 25 heavy (non-hydrogen) atoms. The summed E-state index contributed by atoms with van der Waals surface area (Å²) in [6.45, 7) is 4.42. The van der Waals surface area contributed by atoms with Crippen LogP contribution in [0.3, 0.4) is 0 Å². The molecule has 2 aromatic heterocycles. The van der Waals surface area contributed by atoms with Crippen LogP contribution in [0.2, 0.25) is 0 Å². The van der Waals surface area contributed by atoms with Crippen LogP contribution in [0.4, 0.5) is 5.82 Å². The summed E-state index contributed by atoms with van der Waals surface area (Å²) in [6, 6.07) is 9.45. The molecule has 3 heterocycles. The molecule has 2 N–H and O–H groups in total. The van der Waals surface area contributed by atoms with Gasteiger partial charge in [-0.25, -0.2) is 9.97 Å². The van der Waals surface area contributed by atoms with Crippen molar-refractivity contribution in [3.05, 3.63) is 58.1 Å². The van der Waals surface area contributed by atoms with E-state index in [1.165, 1.54) is 6.33 Å². The maximum Gasteiger partial charge on any atom is 0.262 e. The molecule has 0 saturated heterocycles. The number of anilines is 1. The summed E-state index contributed by atoms with van der Waals surface area (Å²) in [5.41, 5.74) is 8.64. The van der Waals surface area contributed by atoms with Crippen LogP contribution in [0, 0.1) is 0 Å². The van der Waals surface area contributed by atoms with Crippen molar-refractivity contribution in [3.63, 3.8) is 0 Å². The SMILES string of the molecule is CC[C@@]1(C)Cc2c(c(=O)n(-c3ccccc3)c3ncnc(N)c23)CO1. The second-order valence-corrected chi connectivity index (χ2v) is 6.66. The van der Waals surface area contributed by atoms with Gasteiger partial charge in [-0.15, -0.1) is 0 Å². The van der Waals surface area contributed by atoms with Crippen molar-refractivity contribution in [2.75, 3.05) is 5.73 Å². The number of fused-ring (bicyclic) bond motifs is 3. The third-order valence-electron chi connectivity index (χ3n) is 5.07. The highest BCUT2D eigenvalue weighted by Crippen LogP contribution is 2.34. The van der Waals surface area contributed by atoms with E-state index in [4.69, 9.17) is 10.5 Å². The zero-order chi connectivity index (χ0) is 17.6. The highest BCUT2D eigenvalue weighted by atomic mass is 16.5. The van der Waals surface area contributed by atoms with E-state index in [9.17, 15) is 4.79 Å². The molecule has 3 aromatic rings. The van der Waals surface area contributed by atoms with Crippen molar-refractivity contribution in [1.29, 1.82) is 0 Å². The predicted octanol–water partition coefficient (Wildman–Crippen LogP) is 2.60. The molecule has 6 heteroatoms. The van der Waals surface area contributed by atoms with Crippen LogP contribution >= 0.6 is 0 Å². The first kappa shape index (κ1) is 15.8. The van der Waals surface area contributed by atoms with Gasteiger partial charge in [0, 0.05) is 12.0 Å². The van der Waals surface area contributed by atoms with E-state index in [1.807, 2.05) is 30.3 Å². The van der Waals surface area contributed by atoms with Crippen LogP contribution in [0.5, 0.6) is 0 Å². The number of nitrogens with zero attached hydrogens (tertiary/aromatic N) is 3. The van der Waals surface area contributed by atoms with Crippen LogP contribution < -0.4 is 11.3 Å². The predicted molar refractivity (Wildman–Crippen MR) is 96.7 cm³/mol. The molecular formula is C19H20N4O2. The Bertz CT molecular complexity index is 1010. The zero-order valence-corrected chi connectivity index (χ0v) is 14.3. The summed E-state index contributed by atoms with van der Waals surface area (Å²) in [7, 11) is 0. The molecule has 0 fully saturated rings. The van der Waals surface area contributed by atoms with Gasteiger partial charge in [0.25, 0.3) is 5.56 Å². The highest BCUT2D eigenvalue weighted by molar-refractivity contribution is 5.90. The molecule has 1 atom stereocenters. The Hall–Kier alpha value is -2.73. The normalized spacial score (nSPS) is 19.8. The number of hydrogen-bond donors (Lipinski definition) is 1. The zero-order valence-electron chi connectivity index (χ0n) is 14.3. The second kappa shape index (κ2) is 5.67. The van der Waals surface area contributed by atoms with Gasteiger partial charge in [-0.2, -0.15) is 0 Å². The molecule has 0 aliphatic carbocycles. The van der Waals surface area contributed by atoms with Gasteiger partial charge in [-0.3, -0.25) is 9.36 Å². The fraction of sp³-hybridized carbons (Fsp3) is 0.316. The van der Waals surface area contributed by atoms with E-state index < -0.39 is 0 Å². The van der Waals surface area contributed by atoms with Crippen molar-refractivity contribution < 1.29 is 4.74 Å². The smallest absolute Gasteiger partial charge is 0.262 e. The van der Waals surface area contributed by atoms with E-state index in [-0.39, 0.29) is 17.8 Å². The topological polar surface area (TPSA) is 83.0 Å². The van der Waals surface area contributed by atoms with E-state index >= 15 is 0 Å². The molecule has 0 amide bonds. The standard InChI is InChI=1S/C19H20N4O2/c1-3-19(2)9-13-14(10-25-19)18(24)23(12-7-5-4-6-8-12)17-15(13)16(20)21-11-22-17/h4-8,11H,3,9-10H2,1-2H3,(H2,20,21,22)/t19-/m0/s1. The van der Waals surface area contributed by atoms with Crippen molar-refractivity contribution >= 4 is 16.9 Å². The Morgan fingerprint density at radius 3 is 2.72 bits per heavy atom. The molecular weight excluding hydrogens is 316 g/mol. The van der Waals surface area contributed by atoms with Crippen LogP contribution in [-0.2, 0) is 17.8 Å². The summed E-state index contributed by atoms with van der Waals surface area (Å²) >= 11 is 0. The quantitative estimate of drug-likeness (QED) is 0.778. The maximum absolute atomic E-state index is 13.2. The van der Waals surface area contributed by atoms with Crippen molar-refractivity contribution in [3.8, 4) is 5.69 Å². The molecule has 1 aliphatic heterocycles. The number of hydrogen-bond acceptors (Lipinski definition) is 5. The lowest BCUT2D eigenvalue weighted by Gasteiger charge is -2.35. The Labute approximate surface area is 145 Å². The molecule has 6 nitrogen and oxygen atoms in total. The number of benzene rings is 1. The summed E-state index contributed by atoms with van der Waals surface area (Å²) in [5.74, 6) is 0.395. The van der Waals surface area contributed by atoms with Gasteiger partial charge in [-0.05, 0) is 31.0 Å². The van der Waals surface area contributed by atoms with Crippen molar-refractivity contribution in [2.24, 2.45) is 0 Å². The summed E-state index contributed by atoms with van der Waals surface area (Å²) in [4.78, 5) is 21.8. The lowest BCUT2D eigenvalue weighted by atomic mass is 9.87. The van der Waals surface area contributed by atoms with E-state index in [1.54, 1.807) is 4.57 Å². The summed E-state index contributed by atoms with van der Waals surface area (Å²) in [6.07, 6.45) is 2.88. The molecule has 0 unspecified atom stereocenters. The Kier molecular flexibility index (Phi) is 3.58. The van der Waals surface area contributed by atoms with E-state index in [0.29, 0.717) is 23.4 Å². The monoisotopic (exact) mass is 336 g/mol. The third kappa shape index (κ3) is 2.41. The average molecular weight is 336 g/mol. The third-order valence-corrected chi connectivity index (χ3v) is 5.07. The van der Waals surface area contributed by atoms with Crippen molar-refractivity contribution in [2.45, 2.75) is 38.9 Å². The van der Waals surface area contributed by atoms with Crippen LogP contribution in [0.15, 0.2) is 41.5 Å². The lowest BCUT2D eigenvalue weighted by molar-refractivity contribution is -0.0565. The van der Waals surface area contributed by atoms with Gasteiger partial charge >= 0.3 is 0 Å². The number of pyridine rings is 1. The molecule has 1 aliphatic rings. The van der Waals surface area contributed by atoms with Gasteiger partial charge in [0.15, 0.2) is 5.65 Å². The first-order valence-electron chi connectivity index (χ1n) is 8.40. The number of nitrogens with two attached hydrogens (primary N) is 1. The number of para-hydroxylation sites is 1. The Morgan fingerprint density at radius 1 is 1.24 bits per heavy atom. The maximum atomic E-state index is 13.2. The van der Waals surface area contributed by atoms with Gasteiger partial charge in [0.05, 0.1) is 23.3 Å². The van der Waals surface area contributed by atoms with Crippen LogP contribution in [0.25, 0.3) is 16.7 Å². The summed E-state index contributed by atoms with van der Waals surface area (Å²) < 4.78 is 7.61. The second-order valence-electron chi connectivity index (χ2n) is 6.66. The number of rotatable bonds is 2. The molecule has 0 bridgehead atoms. The largest absolute Gasteiger partial charge is 0.383 e. The highest BCUT2D eigenvalue weighted by Gasteiger charge is 2.33. The molecule has 128 valence electrons. The number of aromatic nitrogens is 3. The molecule has 1 aromatic carbocycles. The minimum atomic E-state index is -0.312.